The van der Waals surface area contributed by atoms with Gasteiger partial charge in [0.1, 0.15) is 256 Å². The Bertz CT molecular complexity index is 3750. The fourth-order valence-electron chi connectivity index (χ4n) is 17.6. The molecule has 0 saturated carbocycles. The van der Waals surface area contributed by atoms with E-state index in [0.717, 1.165) is 34.6 Å². The smallest absolute Gasteiger partial charge is 0.217 e. The number of aliphatic hydroxyl groups is 28. The Hall–Kier alpha value is -4.61. The molecule has 0 aromatic heterocycles. The number of hydrogen-bond acceptors (Lipinski definition) is 54. The zero-order valence-electron chi connectivity index (χ0n) is 73.3. The molecule has 0 aliphatic carbocycles. The molecule has 11 rings (SSSR count). The number of carbonyl (C=O) groups is 5. The van der Waals surface area contributed by atoms with Crippen LogP contribution in [-0.4, -0.2) is 569 Å². The third kappa shape index (κ3) is 24.7. The molecule has 1 unspecified atom stereocenters. The molecule has 0 bridgehead atoms. The largest absolute Gasteiger partial charge is 0.394 e. The molecule has 5 amide bonds. The van der Waals surface area contributed by atoms with Crippen molar-refractivity contribution in [3.8, 4) is 0 Å². The van der Waals surface area contributed by atoms with Gasteiger partial charge < -0.3 is 269 Å². The quantitative estimate of drug-likeness (QED) is 0.0284. The standard InChI is InChI=1S/C76H127N5O54/c1-17-38(94)49(105)54(110)71(117-17)115-15-31-59(47(103)33(66(114)119-31)77-19(3)89)128-69-36(80-22(6)92)48(104)58(29(13-87)125-69)129-74-57(113)63(133-76-65(53(109)44(100)28(12-86)124-76)135-68-35(79-21(5)91)46(102)41(97)25(9-83)121-68)61(130-67-34(78-20(4)90)45(101)40(96)24(8-82)120-67)32(127-74)16-116-75-64(52(108)43(99)27(11-85)123-75)134-70-37(81-23(7)93)62(132-72-55(111)50(106)39(95)18(2)118-72)60(30(14-88)126-70)131-73-56(112)51(107)42(98)26(10-84)122-73/h17-18,24-76,82-88,94-114H,8-16H2,1-7H3,(H,77,89)(H,78,90)(H,79,91)(H,80,92)(H,81,93)/t17-,18-,24+,25+,26+,27+,28+,29+,30+,31+,32+,33+,34+,35+,36+,37+,38+,39+,40+,41+,42-,43+,44+,45+,46+,47-,48+,49+,50+,51-,52-,53-,54-,55-,56+,57-,58+,59+,60+,61+,62+,63+,64-,65-,66?,67-,68-,69-,70-,71+,72-,73-,74-,75-,76+/m0/s1. The summed E-state index contributed by atoms with van der Waals surface area (Å²) in [5, 5.41) is 330. The van der Waals surface area contributed by atoms with Crippen LogP contribution in [0.25, 0.3) is 0 Å². The lowest BCUT2D eigenvalue weighted by Gasteiger charge is -2.52. The number of hydrogen-bond donors (Lipinski definition) is 33. The van der Waals surface area contributed by atoms with Crippen LogP contribution < -0.4 is 26.6 Å². The van der Waals surface area contributed by atoms with Gasteiger partial charge in [0, 0.05) is 34.6 Å². The lowest BCUT2D eigenvalue weighted by molar-refractivity contribution is -0.408. The van der Waals surface area contributed by atoms with Crippen LogP contribution in [0, 0.1) is 0 Å². The lowest BCUT2D eigenvalue weighted by atomic mass is 9.93. The number of carbonyl (C=O) groups excluding carboxylic acids is 5. The minimum atomic E-state index is -2.80. The van der Waals surface area contributed by atoms with Crippen molar-refractivity contribution in [1.82, 2.24) is 26.6 Å². The zero-order chi connectivity index (χ0) is 99.4. The third-order valence-corrected chi connectivity index (χ3v) is 24.9. The van der Waals surface area contributed by atoms with E-state index in [1.165, 1.54) is 13.8 Å². The summed E-state index contributed by atoms with van der Waals surface area (Å²) in [5.41, 5.74) is 0. The number of ether oxygens (including phenoxy) is 21. The minimum absolute atomic E-state index is 0.877. The van der Waals surface area contributed by atoms with Crippen LogP contribution in [0.4, 0.5) is 0 Å². The van der Waals surface area contributed by atoms with Crippen molar-refractivity contribution < 1.29 is 266 Å². The first kappa shape index (κ1) is 111. The van der Waals surface area contributed by atoms with Gasteiger partial charge in [0.25, 0.3) is 0 Å². The van der Waals surface area contributed by atoms with Crippen LogP contribution in [0.5, 0.6) is 0 Å². The highest BCUT2D eigenvalue weighted by atomic mass is 16.8. The summed E-state index contributed by atoms with van der Waals surface area (Å²) in [6.45, 7) is -3.70. The van der Waals surface area contributed by atoms with Crippen molar-refractivity contribution in [1.29, 1.82) is 0 Å². The van der Waals surface area contributed by atoms with Crippen molar-refractivity contribution in [3.63, 3.8) is 0 Å². The van der Waals surface area contributed by atoms with Crippen LogP contribution >= 0.6 is 0 Å². The molecule has 0 radical (unpaired) electrons. The Morgan fingerprint density at radius 3 is 0.926 bits per heavy atom. The highest BCUT2D eigenvalue weighted by Gasteiger charge is 2.63. The van der Waals surface area contributed by atoms with Gasteiger partial charge in [-0.1, -0.05) is 0 Å². The summed E-state index contributed by atoms with van der Waals surface area (Å²) >= 11 is 0. The summed E-state index contributed by atoms with van der Waals surface area (Å²) in [7, 11) is 0. The first-order valence-corrected chi connectivity index (χ1v) is 43.4. The van der Waals surface area contributed by atoms with Gasteiger partial charge in [0.05, 0.1) is 71.7 Å². The molecule has 59 heteroatoms. The van der Waals surface area contributed by atoms with E-state index in [9.17, 15) is 167 Å². The van der Waals surface area contributed by atoms with Gasteiger partial charge in [-0.2, -0.15) is 0 Å². The van der Waals surface area contributed by atoms with Gasteiger partial charge in [0.15, 0.2) is 69.2 Å². The second-order valence-electron chi connectivity index (χ2n) is 34.5. The normalized spacial score (nSPS) is 49.5. The molecular weight excluding hydrogens is 1850 g/mol. The Kier molecular flexibility index (Phi) is 39.5. The first-order chi connectivity index (χ1) is 63.8. The van der Waals surface area contributed by atoms with Crippen molar-refractivity contribution >= 4 is 29.5 Å². The summed E-state index contributed by atoms with van der Waals surface area (Å²) in [5.74, 6) is -4.94. The number of nitrogens with one attached hydrogen (secondary N) is 5. The zero-order valence-corrected chi connectivity index (χ0v) is 73.3. The summed E-state index contributed by atoms with van der Waals surface area (Å²) in [6, 6.07) is -10.0. The number of amides is 5. The highest BCUT2D eigenvalue weighted by Crippen LogP contribution is 2.43. The second-order valence-corrected chi connectivity index (χ2v) is 34.5. The van der Waals surface area contributed by atoms with Crippen molar-refractivity contribution in [2.24, 2.45) is 0 Å². The topological polar surface area (TPSA) is 906 Å². The van der Waals surface area contributed by atoms with E-state index >= 15 is 0 Å². The highest BCUT2D eigenvalue weighted by molar-refractivity contribution is 5.75. The SMILES string of the molecule is CC(=O)N[C@H]1[C@H](O[C@H]2[C@@H](O)[C@@H](NC(C)=O)C(O)O[C@@H]2CO[C@@H]2O[C@@H](C)[C@@H](O)[C@@H](O)[C@@H]2O)O[C@H](CO)[C@@H](O[C@@H]2O[C@H](CO[C@H]3O[C@H](CO)[C@@H](O)[C@H](O)[C@@H]3O[C@@H]3O[C@H](CO)[C@@H](O[C@@H]4O[C@H](CO)[C@H](O)[C@H](O)[C@H]4O)[C@H](O[C@@H]4O[C@@H](C)[C@@H](O)[C@@H](O)[C@@H]4O)[C@H]3NC(C)=O)[C@@H](O[C@@H]3O[C@H](CO)[C@@H](O)[C@H](O)[C@H]3NC(C)=O)[C@H](O[C@H]3O[C@H](CO)[C@@H](O)[C@H](O)[C@@H]3O[C@@H]3O[C@H](CO)[C@@H](O)[C@H](O)[C@H]3NC(C)=O)[C@@H]2O)[C@@H]1O. The van der Waals surface area contributed by atoms with Gasteiger partial charge in [0.2, 0.25) is 29.5 Å². The van der Waals surface area contributed by atoms with E-state index in [2.05, 4.69) is 26.6 Å². The van der Waals surface area contributed by atoms with Crippen molar-refractivity contribution in [2.45, 2.75) is 386 Å². The molecule has 59 nitrogen and oxygen atoms in total. The lowest BCUT2D eigenvalue weighted by Crippen LogP contribution is -2.72. The third-order valence-electron chi connectivity index (χ3n) is 24.9. The van der Waals surface area contributed by atoms with Gasteiger partial charge in [-0.05, 0) is 13.8 Å². The molecule has 11 saturated heterocycles. The van der Waals surface area contributed by atoms with E-state index in [1.807, 2.05) is 0 Å². The Labute approximate surface area is 765 Å². The maximum absolute atomic E-state index is 13.7. The fourth-order valence-corrected chi connectivity index (χ4v) is 17.6. The van der Waals surface area contributed by atoms with E-state index in [-0.39, 0.29) is 0 Å². The van der Waals surface area contributed by atoms with Crippen LogP contribution in [0.15, 0.2) is 0 Å². The predicted octanol–water partition coefficient (Wildman–Crippen LogP) is -22.2. The molecular formula is C76H127N5O54. The molecule has 11 aliphatic heterocycles. The maximum atomic E-state index is 13.7. The van der Waals surface area contributed by atoms with E-state index in [0.29, 0.717) is 0 Å². The molecule has 33 N–H and O–H groups in total. The van der Waals surface area contributed by atoms with Gasteiger partial charge in [-0.15, -0.1) is 0 Å². The summed E-state index contributed by atoms with van der Waals surface area (Å²) in [4.78, 5) is 65.9. The van der Waals surface area contributed by atoms with Crippen molar-refractivity contribution in [3.05, 3.63) is 0 Å². The van der Waals surface area contributed by atoms with Crippen LogP contribution in [0.3, 0.4) is 0 Å². The molecule has 55 atom stereocenters. The van der Waals surface area contributed by atoms with Gasteiger partial charge in [-0.25, -0.2) is 0 Å². The van der Waals surface area contributed by atoms with Crippen LogP contribution in [-0.2, 0) is 123 Å². The molecule has 135 heavy (non-hydrogen) atoms. The number of aliphatic hydroxyl groups excluding tert-OH is 28. The minimum Gasteiger partial charge on any atom is -0.394 e. The van der Waals surface area contributed by atoms with Crippen LogP contribution in [0.2, 0.25) is 0 Å². The molecule has 780 valence electrons. The van der Waals surface area contributed by atoms with Gasteiger partial charge in [-0.3, -0.25) is 24.0 Å². The Morgan fingerprint density at radius 1 is 0.207 bits per heavy atom. The molecule has 0 spiro atoms. The second kappa shape index (κ2) is 48.2. The molecule has 11 aliphatic rings. The van der Waals surface area contributed by atoms with Gasteiger partial charge >= 0.3 is 0 Å². The predicted molar refractivity (Wildman–Crippen MR) is 417 cm³/mol. The number of rotatable bonds is 34. The van der Waals surface area contributed by atoms with Crippen molar-refractivity contribution in [2.75, 3.05) is 59.5 Å². The molecule has 11 fully saturated rings. The van der Waals surface area contributed by atoms with E-state index < -0.39 is 426 Å². The summed E-state index contributed by atoms with van der Waals surface area (Å²) in [6.07, 6.45) is -108. The Morgan fingerprint density at radius 2 is 0.467 bits per heavy atom. The molecule has 11 heterocycles. The Balaban J connectivity index is 1.03. The monoisotopic (exact) mass is 1970 g/mol. The molecule has 0 aromatic rings. The fraction of sp³-hybridized carbons (Fsp3) is 0.934. The average Bonchev–Trinajstić information content (AvgIpc) is 0.757. The molecule has 0 aromatic carbocycles. The van der Waals surface area contributed by atoms with E-state index in [4.69, 9.17) is 99.5 Å². The average molecular weight is 1970 g/mol. The van der Waals surface area contributed by atoms with E-state index in [1.54, 1.807) is 0 Å². The summed E-state index contributed by atoms with van der Waals surface area (Å²) < 4.78 is 129. The maximum Gasteiger partial charge on any atom is 0.217 e. The van der Waals surface area contributed by atoms with Crippen LogP contribution in [0.1, 0.15) is 48.5 Å². The first-order valence-electron chi connectivity index (χ1n) is 43.4.